The van der Waals surface area contributed by atoms with Crippen LogP contribution >= 0.6 is 11.3 Å². The Hall–Kier alpha value is -0.610. The zero-order valence-corrected chi connectivity index (χ0v) is 12.8. The lowest BCUT2D eigenvalue weighted by Crippen LogP contribution is -2.48. The summed E-state index contributed by atoms with van der Waals surface area (Å²) in [6.45, 7) is 14.7. The van der Waals surface area contributed by atoms with E-state index >= 15 is 0 Å². The second kappa shape index (κ2) is 6.02. The molecule has 2 heterocycles. The van der Waals surface area contributed by atoms with Crippen LogP contribution in [0, 0.1) is 11.8 Å². The van der Waals surface area contributed by atoms with Gasteiger partial charge < -0.3 is 4.90 Å². The maximum Gasteiger partial charge on any atom is 0.185 e. The van der Waals surface area contributed by atoms with Crippen LogP contribution in [0.5, 0.6) is 0 Å². The minimum absolute atomic E-state index is 0.828. The van der Waals surface area contributed by atoms with Crippen molar-refractivity contribution in [1.29, 1.82) is 0 Å². The highest BCUT2D eigenvalue weighted by Crippen LogP contribution is 2.28. The smallest absolute Gasteiger partial charge is 0.185 e. The highest BCUT2D eigenvalue weighted by Gasteiger charge is 2.29. The van der Waals surface area contributed by atoms with Gasteiger partial charge in [0.05, 0.1) is 0 Å². The number of hydrogen-bond donors (Lipinski definition) is 0. The van der Waals surface area contributed by atoms with Crippen LogP contribution in [0.4, 0.5) is 5.13 Å². The largest absolute Gasteiger partial charge is 0.349 e. The molecule has 3 nitrogen and oxygen atoms in total. The number of rotatable bonds is 6. The maximum absolute atomic E-state index is 4.54. The summed E-state index contributed by atoms with van der Waals surface area (Å²) in [6, 6.07) is 0. The quantitative estimate of drug-likeness (QED) is 0.789. The third kappa shape index (κ3) is 3.04. The Kier molecular flexibility index (Phi) is 4.62. The minimum Gasteiger partial charge on any atom is -0.349 e. The first kappa shape index (κ1) is 13.8. The Morgan fingerprint density at radius 2 is 2.06 bits per heavy atom. The fourth-order valence-corrected chi connectivity index (χ4v) is 3.47. The Balaban J connectivity index is 1.85. The third-order valence-corrected chi connectivity index (χ3v) is 4.93. The van der Waals surface area contributed by atoms with Crippen LogP contribution in [-0.2, 0) is 6.54 Å². The van der Waals surface area contributed by atoms with E-state index in [0.29, 0.717) is 0 Å². The summed E-state index contributed by atoms with van der Waals surface area (Å²) in [6.07, 6.45) is 2.06. The lowest BCUT2D eigenvalue weighted by atomic mass is 9.88. The number of anilines is 1. The summed E-state index contributed by atoms with van der Waals surface area (Å²) in [7, 11) is 0. The van der Waals surface area contributed by atoms with Crippen LogP contribution < -0.4 is 4.90 Å². The first-order chi connectivity index (χ1) is 8.63. The molecule has 1 aliphatic heterocycles. The first-order valence-corrected chi connectivity index (χ1v) is 7.87. The van der Waals surface area contributed by atoms with Crippen LogP contribution in [0.2, 0.25) is 0 Å². The van der Waals surface area contributed by atoms with Gasteiger partial charge in [-0.2, -0.15) is 0 Å². The summed E-state index contributed by atoms with van der Waals surface area (Å²) in [5, 5.41) is 1.18. The van der Waals surface area contributed by atoms with Crippen molar-refractivity contribution < 1.29 is 0 Å². The van der Waals surface area contributed by atoms with Gasteiger partial charge >= 0.3 is 0 Å². The molecular formula is C14H25N3S. The Bertz CT molecular complexity index is 365. The molecule has 0 radical (unpaired) electrons. The van der Waals surface area contributed by atoms with Crippen molar-refractivity contribution in [2.24, 2.45) is 11.8 Å². The van der Waals surface area contributed by atoms with Gasteiger partial charge in [0.25, 0.3) is 0 Å². The lowest BCUT2D eigenvalue weighted by Gasteiger charge is -2.41. The second-order valence-electron chi connectivity index (χ2n) is 5.48. The first-order valence-electron chi connectivity index (χ1n) is 7.06. The molecule has 18 heavy (non-hydrogen) atoms. The molecule has 0 aliphatic carbocycles. The van der Waals surface area contributed by atoms with Crippen molar-refractivity contribution in [1.82, 2.24) is 9.88 Å². The average Bonchev–Trinajstić information content (AvgIpc) is 2.73. The van der Waals surface area contributed by atoms with E-state index in [-0.39, 0.29) is 0 Å². The molecule has 4 heteroatoms. The fraction of sp³-hybridized carbons (Fsp3) is 0.786. The Morgan fingerprint density at radius 3 is 2.61 bits per heavy atom. The molecule has 0 atom stereocenters. The van der Waals surface area contributed by atoms with Crippen LogP contribution in [-0.4, -0.2) is 36.1 Å². The van der Waals surface area contributed by atoms with Crippen LogP contribution in [0.25, 0.3) is 0 Å². The zero-order valence-electron chi connectivity index (χ0n) is 12.0. The molecule has 0 unspecified atom stereocenters. The molecule has 1 saturated heterocycles. The summed E-state index contributed by atoms with van der Waals surface area (Å²) < 4.78 is 0. The molecule has 0 bridgehead atoms. The second-order valence-corrected chi connectivity index (χ2v) is 6.57. The summed E-state index contributed by atoms with van der Waals surface area (Å²) in [5.74, 6) is 1.73. The monoisotopic (exact) mass is 267 g/mol. The number of aromatic nitrogens is 1. The maximum atomic E-state index is 4.54. The van der Waals surface area contributed by atoms with Crippen molar-refractivity contribution in [2.75, 3.05) is 31.1 Å². The van der Waals surface area contributed by atoms with E-state index in [0.717, 1.165) is 31.5 Å². The van der Waals surface area contributed by atoms with Gasteiger partial charge in [0.1, 0.15) is 0 Å². The van der Waals surface area contributed by atoms with Crippen molar-refractivity contribution in [2.45, 2.75) is 34.2 Å². The van der Waals surface area contributed by atoms with E-state index in [1.807, 2.05) is 11.3 Å². The van der Waals surface area contributed by atoms with E-state index in [1.54, 1.807) is 0 Å². The molecule has 1 aromatic heterocycles. The number of thiazole rings is 1. The number of nitrogens with zero attached hydrogens (tertiary/aromatic N) is 3. The zero-order chi connectivity index (χ0) is 13.1. The Morgan fingerprint density at radius 1 is 1.39 bits per heavy atom. The van der Waals surface area contributed by atoms with Gasteiger partial charge in [-0.25, -0.2) is 4.98 Å². The van der Waals surface area contributed by atoms with Crippen LogP contribution in [0.15, 0.2) is 6.20 Å². The van der Waals surface area contributed by atoms with Gasteiger partial charge in [0.15, 0.2) is 5.13 Å². The van der Waals surface area contributed by atoms with Gasteiger partial charge in [0.2, 0.25) is 0 Å². The van der Waals surface area contributed by atoms with Crippen molar-refractivity contribution in [3.63, 3.8) is 0 Å². The fourth-order valence-electron chi connectivity index (χ4n) is 2.39. The third-order valence-electron chi connectivity index (χ3n) is 3.88. The highest BCUT2D eigenvalue weighted by atomic mass is 32.1. The van der Waals surface area contributed by atoms with E-state index in [1.165, 1.54) is 23.1 Å². The predicted molar refractivity (Wildman–Crippen MR) is 79.3 cm³/mol. The molecule has 0 spiro atoms. The molecule has 102 valence electrons. The molecule has 2 rings (SSSR count). The van der Waals surface area contributed by atoms with Crippen molar-refractivity contribution in [3.05, 3.63) is 11.1 Å². The summed E-state index contributed by atoms with van der Waals surface area (Å²) in [5.41, 5.74) is 0. The number of likely N-dealkylation sites (tertiary alicyclic amines) is 1. The minimum atomic E-state index is 0.828. The van der Waals surface area contributed by atoms with E-state index in [9.17, 15) is 0 Å². The average molecular weight is 267 g/mol. The molecule has 1 fully saturated rings. The van der Waals surface area contributed by atoms with Gasteiger partial charge in [-0.3, -0.25) is 4.90 Å². The van der Waals surface area contributed by atoms with Crippen molar-refractivity contribution >= 4 is 16.5 Å². The van der Waals surface area contributed by atoms with Gasteiger partial charge in [-0.15, -0.1) is 11.3 Å². The molecular weight excluding hydrogens is 242 g/mol. The highest BCUT2D eigenvalue weighted by molar-refractivity contribution is 7.15. The van der Waals surface area contributed by atoms with E-state index in [2.05, 4.69) is 48.7 Å². The lowest BCUT2D eigenvalue weighted by molar-refractivity contribution is 0.0623. The van der Waals surface area contributed by atoms with Crippen LogP contribution in [0.1, 0.15) is 32.6 Å². The van der Waals surface area contributed by atoms with Gasteiger partial charge in [-0.05, 0) is 25.7 Å². The van der Waals surface area contributed by atoms with Crippen LogP contribution in [0.3, 0.4) is 0 Å². The molecule has 1 aliphatic rings. The summed E-state index contributed by atoms with van der Waals surface area (Å²) >= 11 is 1.85. The Labute approximate surface area is 115 Å². The van der Waals surface area contributed by atoms with Gasteiger partial charge in [0, 0.05) is 43.8 Å². The van der Waals surface area contributed by atoms with E-state index in [4.69, 9.17) is 0 Å². The molecule has 0 N–H and O–H groups in total. The predicted octanol–water partition coefficient (Wildman–Crippen LogP) is 3.08. The molecule has 0 aromatic carbocycles. The SMILES string of the molecule is CCN(CC)c1ncc(CN2CC(C(C)C)C2)s1. The number of hydrogen-bond acceptors (Lipinski definition) is 4. The summed E-state index contributed by atoms with van der Waals surface area (Å²) in [4.78, 5) is 10.8. The van der Waals surface area contributed by atoms with Gasteiger partial charge in [-0.1, -0.05) is 13.8 Å². The topological polar surface area (TPSA) is 19.4 Å². The molecule has 0 saturated carbocycles. The molecule has 1 aromatic rings. The molecule has 0 amide bonds. The van der Waals surface area contributed by atoms with E-state index < -0.39 is 0 Å². The standard InChI is InChI=1S/C14H25N3S/c1-5-17(6-2)14-15-7-13(18-14)10-16-8-12(9-16)11(3)4/h7,11-12H,5-6,8-10H2,1-4H3. The van der Waals surface area contributed by atoms with Crippen molar-refractivity contribution in [3.8, 4) is 0 Å². The normalized spacial score (nSPS) is 17.2.